The lowest BCUT2D eigenvalue weighted by atomic mass is 9.78. The summed E-state index contributed by atoms with van der Waals surface area (Å²) in [7, 11) is 5.51. The van der Waals surface area contributed by atoms with E-state index < -0.39 is 18.2 Å². The first-order chi connectivity index (χ1) is 28.9. The molecule has 13 heteroatoms. The molecule has 0 aromatic rings. The van der Waals surface area contributed by atoms with Gasteiger partial charge in [0.1, 0.15) is 19.3 Å². The van der Waals surface area contributed by atoms with Crippen molar-refractivity contribution in [2.24, 2.45) is 35.5 Å². The molecular weight excluding hydrogens is 785 g/mol. The van der Waals surface area contributed by atoms with Gasteiger partial charge < -0.3 is 33.5 Å². The van der Waals surface area contributed by atoms with Crippen LogP contribution in [0.2, 0.25) is 0 Å². The summed E-state index contributed by atoms with van der Waals surface area (Å²) in [5.41, 5.74) is 0. The molecule has 0 saturated heterocycles. The van der Waals surface area contributed by atoms with E-state index in [1.807, 2.05) is 14.1 Å². The molecule has 2 unspecified atom stereocenters. The number of methoxy groups -OCH3 is 1. The van der Waals surface area contributed by atoms with Crippen LogP contribution in [0.1, 0.15) is 156 Å². The smallest absolute Gasteiger partial charge is 0.309 e. The van der Waals surface area contributed by atoms with Gasteiger partial charge in [0.25, 0.3) is 5.24 Å². The molecule has 346 valence electrons. The molecule has 0 radical (unpaired) electrons. The van der Waals surface area contributed by atoms with Crippen LogP contribution >= 0.6 is 11.8 Å². The highest BCUT2D eigenvalue weighted by molar-refractivity contribution is 8.13. The number of carbonyl (C=O) groups excluding carboxylic acids is 5. The predicted octanol–water partition coefficient (Wildman–Crippen LogP) is 9.25. The third-order valence-corrected chi connectivity index (χ3v) is 14.3. The highest BCUT2D eigenvalue weighted by Crippen LogP contribution is 2.35. The zero-order valence-electron chi connectivity index (χ0n) is 38.3. The minimum absolute atomic E-state index is 0.0559. The number of thioether (sulfide) groups is 1. The molecule has 3 rings (SSSR count). The second-order valence-electron chi connectivity index (χ2n) is 18.2. The average Bonchev–Trinajstić information content (AvgIpc) is 3.25. The molecular formula is C47H82N2O10S. The van der Waals surface area contributed by atoms with Gasteiger partial charge in [-0.1, -0.05) is 77.5 Å². The van der Waals surface area contributed by atoms with Gasteiger partial charge in [0.2, 0.25) is 0 Å². The summed E-state index contributed by atoms with van der Waals surface area (Å²) in [6, 6.07) is 0. The first-order valence-electron chi connectivity index (χ1n) is 23.7. The fourth-order valence-electron chi connectivity index (χ4n) is 9.14. The Labute approximate surface area is 367 Å². The van der Waals surface area contributed by atoms with E-state index in [9.17, 15) is 24.0 Å². The van der Waals surface area contributed by atoms with E-state index in [1.54, 1.807) is 4.90 Å². The van der Waals surface area contributed by atoms with Gasteiger partial charge in [-0.15, -0.1) is 0 Å². The van der Waals surface area contributed by atoms with Crippen molar-refractivity contribution < 1.29 is 47.7 Å². The molecule has 0 bridgehead atoms. The highest BCUT2D eigenvalue weighted by atomic mass is 32.2. The van der Waals surface area contributed by atoms with Crippen LogP contribution in [0.4, 0.5) is 4.79 Å². The minimum atomic E-state index is -0.714. The Morgan fingerprint density at radius 2 is 1.00 bits per heavy atom. The van der Waals surface area contributed by atoms with Crippen LogP contribution in [-0.2, 0) is 42.9 Å². The average molecular weight is 867 g/mol. The van der Waals surface area contributed by atoms with Crippen LogP contribution in [0.25, 0.3) is 0 Å². The quantitative estimate of drug-likeness (QED) is 0.0442. The molecule has 0 aromatic carbocycles. The Morgan fingerprint density at radius 3 is 1.45 bits per heavy atom. The van der Waals surface area contributed by atoms with Gasteiger partial charge in [0.05, 0.1) is 18.4 Å². The summed E-state index contributed by atoms with van der Waals surface area (Å²) >= 11 is 1.25. The standard InChI is InChI=1S/C47H82N2O10S/c1-7-35-15-17-38(18-16-35)31-41(33-56-45(52)39-23-19-36(8-2)20-24-39)58-43(50)13-10-28-49(47(54)60-30-12-27-48(4)5)29-11-14-44(51)59-42(32-55-6)34-57-46(53)40-25-21-37(9-3)22-26-40/h35-42H,7-34H2,1-6H3. The molecule has 3 aliphatic carbocycles. The van der Waals surface area contributed by atoms with Gasteiger partial charge in [0.15, 0.2) is 6.10 Å². The van der Waals surface area contributed by atoms with E-state index in [-0.39, 0.29) is 67.6 Å². The summed E-state index contributed by atoms with van der Waals surface area (Å²) in [5, 5.41) is -0.0897. The molecule has 12 nitrogen and oxygen atoms in total. The molecule has 0 spiro atoms. The Kier molecular flexibility index (Phi) is 25.8. The monoisotopic (exact) mass is 867 g/mol. The van der Waals surface area contributed by atoms with Gasteiger partial charge in [-0.3, -0.25) is 24.0 Å². The van der Waals surface area contributed by atoms with E-state index in [2.05, 4.69) is 25.7 Å². The van der Waals surface area contributed by atoms with Crippen molar-refractivity contribution in [2.75, 3.05) is 66.4 Å². The van der Waals surface area contributed by atoms with Crippen molar-refractivity contribution in [3.63, 3.8) is 0 Å². The number of ether oxygens (including phenoxy) is 5. The van der Waals surface area contributed by atoms with Gasteiger partial charge >= 0.3 is 23.9 Å². The summed E-state index contributed by atoms with van der Waals surface area (Å²) in [6.07, 6.45) is 16.9. The van der Waals surface area contributed by atoms with Crippen LogP contribution in [0.5, 0.6) is 0 Å². The second kappa shape index (κ2) is 29.8. The van der Waals surface area contributed by atoms with Crippen molar-refractivity contribution >= 4 is 40.9 Å². The number of carbonyl (C=O) groups is 5. The van der Waals surface area contributed by atoms with E-state index in [0.29, 0.717) is 55.9 Å². The highest BCUT2D eigenvalue weighted by Gasteiger charge is 2.31. The maximum absolute atomic E-state index is 13.4. The Bertz CT molecular complexity index is 1240. The lowest BCUT2D eigenvalue weighted by molar-refractivity contribution is -0.165. The molecule has 0 aliphatic heterocycles. The summed E-state index contributed by atoms with van der Waals surface area (Å²) in [4.78, 5) is 69.3. The third kappa shape index (κ3) is 20.7. The summed E-state index contributed by atoms with van der Waals surface area (Å²) in [5.74, 6) is 1.81. The molecule has 0 aromatic heterocycles. The van der Waals surface area contributed by atoms with Crippen molar-refractivity contribution in [2.45, 2.75) is 168 Å². The van der Waals surface area contributed by atoms with E-state index in [4.69, 9.17) is 23.7 Å². The maximum Gasteiger partial charge on any atom is 0.309 e. The number of esters is 4. The van der Waals surface area contributed by atoms with E-state index in [1.165, 1.54) is 38.1 Å². The number of nitrogens with zero attached hydrogens (tertiary/aromatic N) is 2. The molecule has 3 aliphatic rings. The van der Waals surface area contributed by atoms with Crippen LogP contribution in [-0.4, -0.2) is 118 Å². The number of hydrogen-bond donors (Lipinski definition) is 0. The number of hydrogen-bond acceptors (Lipinski definition) is 12. The second-order valence-corrected chi connectivity index (χ2v) is 19.2. The normalized spacial score (nSPS) is 24.2. The molecule has 60 heavy (non-hydrogen) atoms. The largest absolute Gasteiger partial charge is 0.462 e. The molecule has 3 fully saturated rings. The van der Waals surface area contributed by atoms with Gasteiger partial charge in [-0.05, 0) is 121 Å². The van der Waals surface area contributed by atoms with Crippen molar-refractivity contribution in [1.82, 2.24) is 9.80 Å². The molecule has 2 atom stereocenters. The van der Waals surface area contributed by atoms with Crippen LogP contribution in [0.3, 0.4) is 0 Å². The zero-order valence-corrected chi connectivity index (χ0v) is 39.1. The maximum atomic E-state index is 13.4. The van der Waals surface area contributed by atoms with E-state index in [0.717, 1.165) is 95.9 Å². The first kappa shape index (κ1) is 52.0. The molecule has 0 N–H and O–H groups in total. The topological polar surface area (TPSA) is 138 Å². The van der Waals surface area contributed by atoms with Crippen molar-refractivity contribution in [3.05, 3.63) is 0 Å². The lowest BCUT2D eigenvalue weighted by Gasteiger charge is -2.31. The Hall–Kier alpha value is -2.38. The SMILES string of the molecule is CCC1CCC(CC(COC(=O)C2CCC(CC)CC2)OC(=O)CCCN(CCCC(=O)OC(COC)COC(=O)C2CCC(CC)CC2)C(=O)SCCCN(C)C)CC1. The van der Waals surface area contributed by atoms with E-state index >= 15 is 0 Å². The fourth-order valence-corrected chi connectivity index (χ4v) is 9.96. The van der Waals surface area contributed by atoms with Gasteiger partial charge in [-0.2, -0.15) is 0 Å². The summed E-state index contributed by atoms with van der Waals surface area (Å²) < 4.78 is 28.4. The number of rotatable bonds is 27. The van der Waals surface area contributed by atoms with Crippen LogP contribution < -0.4 is 0 Å². The van der Waals surface area contributed by atoms with Crippen LogP contribution in [0, 0.1) is 35.5 Å². The minimum Gasteiger partial charge on any atom is -0.462 e. The van der Waals surface area contributed by atoms with Crippen molar-refractivity contribution in [1.29, 1.82) is 0 Å². The van der Waals surface area contributed by atoms with Crippen LogP contribution in [0.15, 0.2) is 0 Å². The lowest BCUT2D eigenvalue weighted by Crippen LogP contribution is -2.33. The fraction of sp³-hybridized carbons (Fsp3) is 0.894. The third-order valence-electron chi connectivity index (χ3n) is 13.3. The van der Waals surface area contributed by atoms with Crippen molar-refractivity contribution in [3.8, 4) is 0 Å². The Morgan fingerprint density at radius 1 is 0.567 bits per heavy atom. The molecule has 1 amide bonds. The molecule has 0 heterocycles. The molecule has 3 saturated carbocycles. The van der Waals surface area contributed by atoms with Gasteiger partial charge in [0, 0.05) is 38.8 Å². The first-order valence-corrected chi connectivity index (χ1v) is 24.7. The Balaban J connectivity index is 1.50. The number of amides is 1. The predicted molar refractivity (Wildman–Crippen MR) is 236 cm³/mol. The zero-order chi connectivity index (χ0) is 43.7. The summed E-state index contributed by atoms with van der Waals surface area (Å²) in [6.45, 7) is 8.31. The van der Waals surface area contributed by atoms with Gasteiger partial charge in [-0.25, -0.2) is 0 Å².